The van der Waals surface area contributed by atoms with E-state index in [2.05, 4.69) is 44.4 Å². The lowest BCUT2D eigenvalue weighted by atomic mass is 10.0. The van der Waals surface area contributed by atoms with Gasteiger partial charge in [0.2, 0.25) is 0 Å². The Kier molecular flexibility index (Phi) is 4.13. The first kappa shape index (κ1) is 13.7. The van der Waals surface area contributed by atoms with Gasteiger partial charge < -0.3 is 5.32 Å². The Balaban J connectivity index is 1.95. The molecular weight excluding hydrogens is 314 g/mol. The summed E-state index contributed by atoms with van der Waals surface area (Å²) in [4.78, 5) is 9.39. The van der Waals surface area contributed by atoms with Gasteiger partial charge in [0, 0.05) is 15.7 Å². The minimum Gasteiger partial charge on any atom is -0.307 e. The van der Waals surface area contributed by atoms with Gasteiger partial charge in [-0.25, -0.2) is 9.97 Å². The largest absolute Gasteiger partial charge is 0.307 e. The van der Waals surface area contributed by atoms with Crippen LogP contribution in [0.25, 0.3) is 11.3 Å². The second-order valence-corrected chi connectivity index (χ2v) is 6.18. The highest BCUT2D eigenvalue weighted by Crippen LogP contribution is 2.25. The highest BCUT2D eigenvalue weighted by Gasteiger charge is 2.18. The number of halogens is 1. The Morgan fingerprint density at radius 3 is 2.65 bits per heavy atom. The fraction of sp³-hybridized carbons (Fsp3) is 0.375. The molecule has 20 heavy (non-hydrogen) atoms. The van der Waals surface area contributed by atoms with Crippen molar-refractivity contribution >= 4 is 15.9 Å². The first-order valence-electron chi connectivity index (χ1n) is 7.07. The van der Waals surface area contributed by atoms with Crippen LogP contribution < -0.4 is 5.32 Å². The molecule has 1 aliphatic rings. The average molecular weight is 332 g/mol. The van der Waals surface area contributed by atoms with E-state index in [0.29, 0.717) is 6.04 Å². The molecule has 3 nitrogen and oxygen atoms in total. The van der Waals surface area contributed by atoms with Crippen molar-refractivity contribution in [2.24, 2.45) is 0 Å². The maximum atomic E-state index is 4.77. The number of hydrogen-bond acceptors (Lipinski definition) is 3. The van der Waals surface area contributed by atoms with E-state index in [1.165, 1.54) is 12.8 Å². The van der Waals surface area contributed by atoms with Crippen LogP contribution in [0.5, 0.6) is 0 Å². The molecule has 1 aliphatic heterocycles. The number of rotatable bonds is 2. The number of nitrogens with one attached hydrogen (secondary N) is 1. The second-order valence-electron chi connectivity index (χ2n) is 5.26. The van der Waals surface area contributed by atoms with Gasteiger partial charge in [-0.05, 0) is 44.5 Å². The van der Waals surface area contributed by atoms with Crippen molar-refractivity contribution in [1.82, 2.24) is 15.3 Å². The van der Waals surface area contributed by atoms with Crippen molar-refractivity contribution in [1.29, 1.82) is 0 Å². The predicted molar refractivity (Wildman–Crippen MR) is 84.5 cm³/mol. The number of piperidine rings is 1. The minimum absolute atomic E-state index is 0.304. The van der Waals surface area contributed by atoms with Crippen molar-refractivity contribution in [3.05, 3.63) is 46.3 Å². The van der Waals surface area contributed by atoms with E-state index >= 15 is 0 Å². The molecule has 3 rings (SSSR count). The summed E-state index contributed by atoms with van der Waals surface area (Å²) >= 11 is 3.47. The summed E-state index contributed by atoms with van der Waals surface area (Å²) in [6.45, 7) is 3.10. The molecule has 4 heteroatoms. The molecule has 0 spiro atoms. The summed E-state index contributed by atoms with van der Waals surface area (Å²) in [7, 11) is 0. The molecule has 0 amide bonds. The fourth-order valence-electron chi connectivity index (χ4n) is 2.59. The zero-order valence-electron chi connectivity index (χ0n) is 11.6. The molecule has 1 unspecified atom stereocenters. The molecule has 1 N–H and O–H groups in total. The Morgan fingerprint density at radius 2 is 1.95 bits per heavy atom. The Morgan fingerprint density at radius 1 is 1.15 bits per heavy atom. The van der Waals surface area contributed by atoms with Crippen LogP contribution in [0.3, 0.4) is 0 Å². The first-order valence-corrected chi connectivity index (χ1v) is 7.86. The van der Waals surface area contributed by atoms with Crippen molar-refractivity contribution in [2.75, 3.05) is 6.54 Å². The molecule has 2 heterocycles. The smallest absolute Gasteiger partial charge is 0.146 e. The number of aromatic nitrogens is 2. The molecule has 1 atom stereocenters. The molecule has 1 aromatic carbocycles. The predicted octanol–water partition coefficient (Wildman–Crippen LogP) is 4.03. The van der Waals surface area contributed by atoms with E-state index in [4.69, 9.17) is 4.98 Å². The molecule has 1 aromatic heterocycles. The summed E-state index contributed by atoms with van der Waals surface area (Å²) in [6.07, 6.45) is 3.63. The van der Waals surface area contributed by atoms with E-state index in [9.17, 15) is 0 Å². The van der Waals surface area contributed by atoms with E-state index < -0.39 is 0 Å². The molecule has 0 saturated carbocycles. The summed E-state index contributed by atoms with van der Waals surface area (Å²) in [5.74, 6) is 0.933. The van der Waals surface area contributed by atoms with Gasteiger partial charge in [0.25, 0.3) is 0 Å². The maximum absolute atomic E-state index is 4.77. The van der Waals surface area contributed by atoms with Crippen LogP contribution in [-0.2, 0) is 0 Å². The van der Waals surface area contributed by atoms with Crippen LogP contribution >= 0.6 is 15.9 Å². The monoisotopic (exact) mass is 331 g/mol. The fourth-order valence-corrected chi connectivity index (χ4v) is 2.85. The normalized spacial score (nSPS) is 19.0. The third kappa shape index (κ3) is 3.07. The molecule has 104 valence electrons. The summed E-state index contributed by atoms with van der Waals surface area (Å²) < 4.78 is 1.08. The molecular formula is C16H18BrN3. The van der Waals surface area contributed by atoms with Gasteiger partial charge in [-0.3, -0.25) is 0 Å². The van der Waals surface area contributed by atoms with Gasteiger partial charge in [0.15, 0.2) is 0 Å². The summed E-state index contributed by atoms with van der Waals surface area (Å²) in [5, 5.41) is 3.52. The molecule has 1 fully saturated rings. The van der Waals surface area contributed by atoms with Crippen LogP contribution in [0.1, 0.15) is 36.8 Å². The van der Waals surface area contributed by atoms with Gasteiger partial charge >= 0.3 is 0 Å². The first-order chi connectivity index (χ1) is 9.72. The SMILES string of the molecule is Cc1cc(-c2ccc(Br)cc2)nc(C2CCCCN2)n1. The van der Waals surface area contributed by atoms with Gasteiger partial charge in [0.1, 0.15) is 5.82 Å². The third-order valence-electron chi connectivity index (χ3n) is 3.63. The quantitative estimate of drug-likeness (QED) is 0.902. The second kappa shape index (κ2) is 6.02. The Labute approximate surface area is 128 Å². The van der Waals surface area contributed by atoms with Crippen LogP contribution in [0.4, 0.5) is 0 Å². The van der Waals surface area contributed by atoms with Crippen molar-refractivity contribution in [3.63, 3.8) is 0 Å². The zero-order chi connectivity index (χ0) is 13.9. The topological polar surface area (TPSA) is 37.8 Å². The summed E-state index contributed by atoms with van der Waals surface area (Å²) in [5.41, 5.74) is 3.17. The highest BCUT2D eigenvalue weighted by atomic mass is 79.9. The van der Waals surface area contributed by atoms with E-state index in [0.717, 1.165) is 40.2 Å². The van der Waals surface area contributed by atoms with Crippen molar-refractivity contribution in [2.45, 2.75) is 32.2 Å². The van der Waals surface area contributed by atoms with Crippen LogP contribution in [0.2, 0.25) is 0 Å². The Hall–Kier alpha value is -1.26. The summed E-state index contributed by atoms with van der Waals surface area (Å²) in [6, 6.07) is 10.6. The maximum Gasteiger partial charge on any atom is 0.146 e. The standard InChI is InChI=1S/C16H18BrN3/c1-11-10-15(12-5-7-13(17)8-6-12)20-16(19-11)14-4-2-3-9-18-14/h5-8,10,14,18H,2-4,9H2,1H3. The molecule has 0 radical (unpaired) electrons. The van der Waals surface area contributed by atoms with Gasteiger partial charge in [-0.15, -0.1) is 0 Å². The lowest BCUT2D eigenvalue weighted by Crippen LogP contribution is -2.28. The van der Waals surface area contributed by atoms with Gasteiger partial charge in [-0.1, -0.05) is 34.5 Å². The molecule has 2 aromatic rings. The lowest BCUT2D eigenvalue weighted by molar-refractivity contribution is 0.397. The van der Waals surface area contributed by atoms with Crippen LogP contribution in [0.15, 0.2) is 34.8 Å². The zero-order valence-corrected chi connectivity index (χ0v) is 13.2. The van der Waals surface area contributed by atoms with E-state index in [-0.39, 0.29) is 0 Å². The van der Waals surface area contributed by atoms with Crippen molar-refractivity contribution < 1.29 is 0 Å². The number of nitrogens with zero attached hydrogens (tertiary/aromatic N) is 2. The minimum atomic E-state index is 0.304. The lowest BCUT2D eigenvalue weighted by Gasteiger charge is -2.22. The van der Waals surface area contributed by atoms with E-state index in [1.807, 2.05) is 19.1 Å². The van der Waals surface area contributed by atoms with E-state index in [1.54, 1.807) is 0 Å². The molecule has 1 saturated heterocycles. The van der Waals surface area contributed by atoms with Crippen LogP contribution in [0, 0.1) is 6.92 Å². The number of hydrogen-bond donors (Lipinski definition) is 1. The molecule has 0 bridgehead atoms. The third-order valence-corrected chi connectivity index (χ3v) is 4.16. The number of benzene rings is 1. The highest BCUT2D eigenvalue weighted by molar-refractivity contribution is 9.10. The van der Waals surface area contributed by atoms with Crippen LogP contribution in [-0.4, -0.2) is 16.5 Å². The molecule has 0 aliphatic carbocycles. The Bertz CT molecular complexity index is 589. The average Bonchev–Trinajstić information content (AvgIpc) is 2.48. The van der Waals surface area contributed by atoms with Gasteiger partial charge in [0.05, 0.1) is 11.7 Å². The van der Waals surface area contributed by atoms with Gasteiger partial charge in [-0.2, -0.15) is 0 Å². The van der Waals surface area contributed by atoms with Crippen molar-refractivity contribution in [3.8, 4) is 11.3 Å². The number of aryl methyl sites for hydroxylation is 1.